The van der Waals surface area contributed by atoms with Crippen molar-refractivity contribution in [2.24, 2.45) is 5.92 Å². The summed E-state index contributed by atoms with van der Waals surface area (Å²) < 4.78 is 77.7. The van der Waals surface area contributed by atoms with Gasteiger partial charge in [0.05, 0.1) is 16.7 Å². The van der Waals surface area contributed by atoms with E-state index in [0.717, 1.165) is 25.1 Å². The molecule has 0 spiro atoms. The fraction of sp³-hybridized carbons (Fsp3) is 0.318. The van der Waals surface area contributed by atoms with Crippen molar-refractivity contribution in [1.29, 1.82) is 0 Å². The number of aromatic nitrogens is 1. The third-order valence-electron chi connectivity index (χ3n) is 5.45. The van der Waals surface area contributed by atoms with Gasteiger partial charge in [-0.25, -0.2) is 18.1 Å². The molecule has 2 aromatic carbocycles. The second-order valence-corrected chi connectivity index (χ2v) is 9.44. The summed E-state index contributed by atoms with van der Waals surface area (Å²) in [5.41, 5.74) is -0.0876. The van der Waals surface area contributed by atoms with Crippen LogP contribution in [-0.4, -0.2) is 39.1 Å². The molecule has 0 radical (unpaired) electrons. The number of hydrogen-bond donors (Lipinski definition) is 2. The summed E-state index contributed by atoms with van der Waals surface area (Å²) in [6.07, 6.45) is -1.42. The Kier molecular flexibility index (Phi) is 6.73. The highest BCUT2D eigenvalue weighted by Crippen LogP contribution is 2.31. The van der Waals surface area contributed by atoms with Gasteiger partial charge in [-0.3, -0.25) is 0 Å². The van der Waals surface area contributed by atoms with Crippen LogP contribution in [0.15, 0.2) is 70.4 Å². The highest BCUT2D eigenvalue weighted by Gasteiger charge is 2.31. The van der Waals surface area contributed by atoms with Gasteiger partial charge < -0.3 is 14.5 Å². The average Bonchev–Trinajstić information content (AvgIpc) is 3.51. The molecule has 2 heterocycles. The van der Waals surface area contributed by atoms with E-state index in [1.807, 2.05) is 0 Å². The zero-order chi connectivity index (χ0) is 23.5. The number of hydrogen-bond acceptors (Lipinski definition) is 6. The van der Waals surface area contributed by atoms with Crippen molar-refractivity contribution in [2.75, 3.05) is 19.6 Å². The lowest BCUT2D eigenvalue weighted by Gasteiger charge is -2.25. The van der Waals surface area contributed by atoms with Crippen LogP contribution in [0.4, 0.5) is 13.2 Å². The van der Waals surface area contributed by atoms with E-state index in [0.29, 0.717) is 17.9 Å². The van der Waals surface area contributed by atoms with Crippen molar-refractivity contribution in [2.45, 2.75) is 23.6 Å². The Balaban J connectivity index is 1.45. The zero-order valence-corrected chi connectivity index (χ0v) is 18.2. The van der Waals surface area contributed by atoms with E-state index in [9.17, 15) is 21.6 Å². The highest BCUT2D eigenvalue weighted by atomic mass is 32.2. The van der Waals surface area contributed by atoms with E-state index in [1.54, 1.807) is 12.1 Å². The fourth-order valence-electron chi connectivity index (χ4n) is 3.63. The molecule has 11 heteroatoms. The highest BCUT2D eigenvalue weighted by molar-refractivity contribution is 7.89. The molecule has 1 saturated heterocycles. The third kappa shape index (κ3) is 5.73. The van der Waals surface area contributed by atoms with Gasteiger partial charge >= 0.3 is 6.18 Å². The van der Waals surface area contributed by atoms with Crippen LogP contribution in [0.5, 0.6) is 5.75 Å². The number of halogens is 3. The predicted molar refractivity (Wildman–Crippen MR) is 114 cm³/mol. The van der Waals surface area contributed by atoms with Gasteiger partial charge in [0, 0.05) is 24.6 Å². The summed E-state index contributed by atoms with van der Waals surface area (Å²) in [7, 11) is -3.83. The van der Waals surface area contributed by atoms with Crippen molar-refractivity contribution in [3.63, 3.8) is 0 Å². The Morgan fingerprint density at radius 2 is 1.88 bits per heavy atom. The molecule has 1 fully saturated rings. The van der Waals surface area contributed by atoms with Crippen LogP contribution in [0, 0.1) is 5.92 Å². The Morgan fingerprint density at radius 3 is 2.45 bits per heavy atom. The number of sulfonamides is 1. The van der Waals surface area contributed by atoms with E-state index in [1.165, 1.54) is 36.9 Å². The molecule has 2 atom stereocenters. The lowest BCUT2D eigenvalue weighted by atomic mass is 10.0. The molecule has 4 rings (SSSR count). The van der Waals surface area contributed by atoms with Crippen molar-refractivity contribution in [3.05, 3.63) is 66.7 Å². The van der Waals surface area contributed by atoms with Crippen LogP contribution in [0.25, 0.3) is 11.3 Å². The Bertz CT molecular complexity index is 1140. The van der Waals surface area contributed by atoms with E-state index in [-0.39, 0.29) is 23.1 Å². The number of alkyl halides is 3. The maximum atomic E-state index is 12.8. The molecule has 3 aromatic rings. The van der Waals surface area contributed by atoms with E-state index >= 15 is 0 Å². The van der Waals surface area contributed by atoms with Gasteiger partial charge in [-0.1, -0.05) is 0 Å². The number of nitrogens with one attached hydrogen (secondary N) is 2. The molecular weight excluding hydrogens is 459 g/mol. The minimum Gasteiger partial charge on any atom is -0.489 e. The summed E-state index contributed by atoms with van der Waals surface area (Å²) in [6.45, 7) is 1.35. The standard InChI is InChI=1S/C22H22F3N3O4S/c23-22(24,25)17-3-5-18(6-4-17)32-21(16-9-10-26-11-16)13-28-33(29,30)19-7-1-15(2-8-19)20-12-27-14-31-20/h1-8,12,14,16,21,26,28H,9-11,13H2/t16?,21-/m1/s1. The van der Waals surface area contributed by atoms with Crippen molar-refractivity contribution < 1.29 is 30.7 Å². The first-order valence-electron chi connectivity index (χ1n) is 10.3. The third-order valence-corrected chi connectivity index (χ3v) is 6.89. The van der Waals surface area contributed by atoms with Crippen molar-refractivity contribution in [3.8, 4) is 17.1 Å². The topological polar surface area (TPSA) is 93.5 Å². The van der Waals surface area contributed by atoms with Gasteiger partial charge in [-0.05, 0) is 61.5 Å². The SMILES string of the molecule is O=S(=O)(NC[C@@H](Oc1ccc(C(F)(F)F)cc1)C1CCNC1)c1ccc(-c2cnco2)cc1. The van der Waals surface area contributed by atoms with Crippen LogP contribution >= 0.6 is 0 Å². The quantitative estimate of drug-likeness (QED) is 0.510. The molecule has 0 saturated carbocycles. The molecule has 33 heavy (non-hydrogen) atoms. The number of oxazole rings is 1. The lowest BCUT2D eigenvalue weighted by molar-refractivity contribution is -0.137. The summed E-state index contributed by atoms with van der Waals surface area (Å²) in [5, 5.41) is 3.20. The second kappa shape index (κ2) is 9.54. The van der Waals surface area contributed by atoms with Crippen molar-refractivity contribution in [1.82, 2.24) is 15.0 Å². The molecule has 7 nitrogen and oxygen atoms in total. The second-order valence-electron chi connectivity index (χ2n) is 7.67. The number of rotatable bonds is 8. The molecule has 0 amide bonds. The lowest BCUT2D eigenvalue weighted by Crippen LogP contribution is -2.40. The van der Waals surface area contributed by atoms with E-state index in [4.69, 9.17) is 9.15 Å². The first-order valence-corrected chi connectivity index (χ1v) is 11.7. The summed E-state index contributed by atoms with van der Waals surface area (Å²) >= 11 is 0. The van der Waals surface area contributed by atoms with Gasteiger partial charge in [0.25, 0.3) is 0 Å². The minimum atomic E-state index is -4.44. The van der Waals surface area contributed by atoms with Gasteiger partial charge in [0.1, 0.15) is 11.9 Å². The van der Waals surface area contributed by atoms with Crippen LogP contribution < -0.4 is 14.8 Å². The molecule has 0 bridgehead atoms. The van der Waals surface area contributed by atoms with Gasteiger partial charge in [-0.2, -0.15) is 13.2 Å². The smallest absolute Gasteiger partial charge is 0.416 e. The average molecular weight is 481 g/mol. The van der Waals surface area contributed by atoms with Crippen molar-refractivity contribution >= 4 is 10.0 Å². The van der Waals surface area contributed by atoms with E-state index < -0.39 is 27.9 Å². The summed E-state index contributed by atoms with van der Waals surface area (Å²) in [6, 6.07) is 10.5. The molecule has 0 aliphatic carbocycles. The molecule has 1 aromatic heterocycles. The Morgan fingerprint density at radius 1 is 1.15 bits per heavy atom. The number of ether oxygens (including phenoxy) is 1. The largest absolute Gasteiger partial charge is 0.489 e. The molecular formula is C22H22F3N3O4S. The number of benzene rings is 2. The first kappa shape index (κ1) is 23.3. The van der Waals surface area contributed by atoms with Crippen LogP contribution in [-0.2, 0) is 16.2 Å². The van der Waals surface area contributed by atoms with Gasteiger partial charge in [0.2, 0.25) is 10.0 Å². The predicted octanol–water partition coefficient (Wildman–Crippen LogP) is 3.70. The van der Waals surface area contributed by atoms with Gasteiger partial charge in [0.15, 0.2) is 12.2 Å². The van der Waals surface area contributed by atoms with E-state index in [2.05, 4.69) is 15.0 Å². The van der Waals surface area contributed by atoms with Gasteiger partial charge in [-0.15, -0.1) is 0 Å². The fourth-order valence-corrected chi connectivity index (χ4v) is 4.67. The Labute approximate surface area is 189 Å². The minimum absolute atomic E-state index is 0.00354. The molecule has 1 unspecified atom stereocenters. The van der Waals surface area contributed by atoms with Crippen LogP contribution in [0.3, 0.4) is 0 Å². The molecule has 1 aliphatic heterocycles. The molecule has 1 aliphatic rings. The zero-order valence-electron chi connectivity index (χ0n) is 17.4. The summed E-state index contributed by atoms with van der Waals surface area (Å²) in [4.78, 5) is 3.91. The summed E-state index contributed by atoms with van der Waals surface area (Å²) in [5.74, 6) is 0.768. The molecule has 176 valence electrons. The van der Waals surface area contributed by atoms with Crippen LogP contribution in [0.1, 0.15) is 12.0 Å². The monoisotopic (exact) mass is 481 g/mol. The first-order chi connectivity index (χ1) is 15.7. The Hall–Kier alpha value is -2.89. The molecule has 2 N–H and O–H groups in total. The maximum absolute atomic E-state index is 12.8. The maximum Gasteiger partial charge on any atom is 0.416 e. The number of nitrogens with zero attached hydrogens (tertiary/aromatic N) is 1. The van der Waals surface area contributed by atoms with Crippen LogP contribution in [0.2, 0.25) is 0 Å². The normalized spacial score (nSPS) is 17.7.